The Balaban J connectivity index is 1.76. The molecule has 3 rings (SSSR count). The third kappa shape index (κ3) is 4.24. The molecule has 8 heteroatoms. The highest BCUT2D eigenvalue weighted by Gasteiger charge is 2.67. The number of aldehydes is 1. The van der Waals surface area contributed by atoms with E-state index >= 15 is 0 Å². The summed E-state index contributed by atoms with van der Waals surface area (Å²) in [6, 6.07) is 9.16. The van der Waals surface area contributed by atoms with Crippen molar-refractivity contribution in [1.29, 1.82) is 0 Å². The third-order valence-electron chi connectivity index (χ3n) is 4.48. The number of benzene rings is 2. The number of carbonyl (C=O) groups is 2. The maximum Gasteiger partial charge on any atom is 0.231 e. The number of anilines is 1. The Morgan fingerprint density at radius 2 is 1.89 bits per heavy atom. The molecule has 1 N–H and O–H groups in total. The van der Waals surface area contributed by atoms with Gasteiger partial charge < -0.3 is 10.1 Å². The highest BCUT2D eigenvalue weighted by molar-refractivity contribution is 6.53. The van der Waals surface area contributed by atoms with Gasteiger partial charge in [-0.25, -0.2) is 4.39 Å². The van der Waals surface area contributed by atoms with Crippen LogP contribution in [0.4, 0.5) is 10.1 Å². The number of hydrogen-bond donors (Lipinski definition) is 1. The molecule has 1 unspecified atom stereocenters. The molecule has 27 heavy (non-hydrogen) atoms. The van der Waals surface area contributed by atoms with Gasteiger partial charge in [-0.05, 0) is 47.9 Å². The quantitative estimate of drug-likeness (QED) is 0.449. The first kappa shape index (κ1) is 20.4. The Bertz CT molecular complexity index is 903. The van der Waals surface area contributed by atoms with Gasteiger partial charge in [0.25, 0.3) is 0 Å². The molecule has 1 saturated carbocycles. The fraction of sp³-hybridized carbons (Fsp3) is 0.263. The first-order valence-electron chi connectivity index (χ1n) is 8.11. The lowest BCUT2D eigenvalue weighted by molar-refractivity contribution is -0.117. The molecule has 0 radical (unpaired) electrons. The monoisotopic (exact) mass is 447 g/mol. The molecule has 0 bridgehead atoms. The summed E-state index contributed by atoms with van der Waals surface area (Å²) in [7, 11) is 0. The molecule has 1 aliphatic rings. The molecule has 1 amide bonds. The molecule has 0 aliphatic heterocycles. The van der Waals surface area contributed by atoms with Crippen LogP contribution in [0.15, 0.2) is 36.4 Å². The van der Waals surface area contributed by atoms with Crippen molar-refractivity contribution in [2.45, 2.75) is 23.1 Å². The minimum Gasteiger partial charge on any atom is -0.326 e. The second-order valence-corrected chi connectivity index (χ2v) is 8.56. The summed E-state index contributed by atoms with van der Waals surface area (Å²) < 4.78 is 12.5. The highest BCUT2D eigenvalue weighted by atomic mass is 35.5. The van der Waals surface area contributed by atoms with E-state index in [1.807, 2.05) is 0 Å². The van der Waals surface area contributed by atoms with Gasteiger partial charge in [-0.3, -0.25) is 4.79 Å². The lowest BCUT2D eigenvalue weighted by atomic mass is 10.1. The molecular formula is C19H14Cl4FNO2. The zero-order valence-corrected chi connectivity index (χ0v) is 16.8. The van der Waals surface area contributed by atoms with Crippen molar-refractivity contribution in [3.05, 3.63) is 63.4 Å². The van der Waals surface area contributed by atoms with Crippen LogP contribution in [-0.2, 0) is 16.0 Å². The fourth-order valence-electron chi connectivity index (χ4n) is 3.05. The van der Waals surface area contributed by atoms with E-state index in [9.17, 15) is 14.0 Å². The number of carbonyl (C=O) groups excluding carboxylic acids is 2. The lowest BCUT2D eigenvalue weighted by Crippen LogP contribution is -2.17. The molecule has 0 heterocycles. The van der Waals surface area contributed by atoms with Crippen molar-refractivity contribution in [3.63, 3.8) is 0 Å². The van der Waals surface area contributed by atoms with E-state index in [4.69, 9.17) is 46.4 Å². The maximum absolute atomic E-state index is 13.8. The summed E-state index contributed by atoms with van der Waals surface area (Å²) in [6.07, 6.45) is 1.16. The van der Waals surface area contributed by atoms with Crippen LogP contribution in [0.5, 0.6) is 0 Å². The number of hydrogen-bond acceptors (Lipinski definition) is 2. The SMILES string of the molecule is O=CCCc1cc(NC(=O)C2[C@H](c3ccc(Cl)c(Cl)c3)C2(Cl)Cl)ccc1F. The first-order valence-corrected chi connectivity index (χ1v) is 9.62. The van der Waals surface area contributed by atoms with E-state index in [1.165, 1.54) is 18.2 Å². The number of rotatable bonds is 6. The molecule has 2 aromatic rings. The van der Waals surface area contributed by atoms with Crippen molar-refractivity contribution in [3.8, 4) is 0 Å². The average Bonchev–Trinajstić information content (AvgIpc) is 3.20. The summed E-state index contributed by atoms with van der Waals surface area (Å²) in [5, 5.41) is 3.45. The molecule has 0 spiro atoms. The van der Waals surface area contributed by atoms with Gasteiger partial charge in [0.2, 0.25) is 5.91 Å². The van der Waals surface area contributed by atoms with Crippen LogP contribution in [-0.4, -0.2) is 16.5 Å². The molecule has 1 aliphatic carbocycles. The van der Waals surface area contributed by atoms with Gasteiger partial charge in [-0.1, -0.05) is 29.3 Å². The van der Waals surface area contributed by atoms with E-state index in [0.29, 0.717) is 33.1 Å². The average molecular weight is 449 g/mol. The lowest BCUT2D eigenvalue weighted by Gasteiger charge is -2.08. The summed E-state index contributed by atoms with van der Waals surface area (Å²) >= 11 is 24.6. The Kier molecular flexibility index (Phi) is 6.02. The van der Waals surface area contributed by atoms with Gasteiger partial charge >= 0.3 is 0 Å². The molecular weight excluding hydrogens is 435 g/mol. The van der Waals surface area contributed by atoms with Crippen LogP contribution >= 0.6 is 46.4 Å². The van der Waals surface area contributed by atoms with E-state index in [1.54, 1.807) is 18.2 Å². The summed E-state index contributed by atoms with van der Waals surface area (Å²) in [5.41, 5.74) is 1.46. The first-order chi connectivity index (χ1) is 12.8. The largest absolute Gasteiger partial charge is 0.326 e. The van der Waals surface area contributed by atoms with Crippen molar-refractivity contribution in [2.24, 2.45) is 5.92 Å². The van der Waals surface area contributed by atoms with E-state index in [2.05, 4.69) is 5.32 Å². The zero-order chi connectivity index (χ0) is 19.8. The van der Waals surface area contributed by atoms with Crippen LogP contribution < -0.4 is 5.32 Å². The molecule has 1 fully saturated rings. The number of nitrogens with one attached hydrogen (secondary N) is 1. The second kappa shape index (κ2) is 7.96. The number of amides is 1. The van der Waals surface area contributed by atoms with Crippen LogP contribution in [0.1, 0.15) is 23.5 Å². The maximum atomic E-state index is 13.8. The minimum absolute atomic E-state index is 0.197. The third-order valence-corrected chi connectivity index (χ3v) is 6.16. The van der Waals surface area contributed by atoms with Crippen molar-refractivity contribution in [1.82, 2.24) is 0 Å². The van der Waals surface area contributed by atoms with Gasteiger partial charge in [0.05, 0.1) is 16.0 Å². The van der Waals surface area contributed by atoms with Crippen molar-refractivity contribution < 1.29 is 14.0 Å². The highest BCUT2D eigenvalue weighted by Crippen LogP contribution is 2.65. The summed E-state index contributed by atoms with van der Waals surface area (Å²) in [6.45, 7) is 0. The molecule has 2 aromatic carbocycles. The van der Waals surface area contributed by atoms with Gasteiger partial charge in [-0.2, -0.15) is 0 Å². The van der Waals surface area contributed by atoms with Crippen LogP contribution in [0.25, 0.3) is 0 Å². The van der Waals surface area contributed by atoms with Crippen LogP contribution in [0.2, 0.25) is 10.0 Å². The zero-order valence-electron chi connectivity index (χ0n) is 13.8. The van der Waals surface area contributed by atoms with Gasteiger partial charge in [-0.15, -0.1) is 23.2 Å². The summed E-state index contributed by atoms with van der Waals surface area (Å²) in [5.74, 6) is -1.95. The molecule has 142 valence electrons. The van der Waals surface area contributed by atoms with Gasteiger partial charge in [0, 0.05) is 18.0 Å². The van der Waals surface area contributed by atoms with Crippen LogP contribution in [0.3, 0.4) is 0 Å². The fourth-order valence-corrected chi connectivity index (χ4v) is 4.19. The van der Waals surface area contributed by atoms with Gasteiger partial charge in [0.1, 0.15) is 16.4 Å². The topological polar surface area (TPSA) is 46.2 Å². The van der Waals surface area contributed by atoms with Crippen molar-refractivity contribution in [2.75, 3.05) is 5.32 Å². The smallest absolute Gasteiger partial charge is 0.231 e. The number of halogens is 5. The standard InChI is InChI=1S/C19H14Cl4FNO2/c20-13-5-3-11(9-14(13)21)16-17(19(16,22)23)18(27)25-12-4-6-15(24)10(8-12)2-1-7-26/h3-9,16-17H,1-2H2,(H,25,27)/t16-,17?/m0/s1. The summed E-state index contributed by atoms with van der Waals surface area (Å²) in [4.78, 5) is 23.1. The van der Waals surface area contributed by atoms with Crippen molar-refractivity contribution >= 4 is 64.3 Å². The Morgan fingerprint density at radius 3 is 2.56 bits per heavy atom. The molecule has 3 nitrogen and oxygen atoms in total. The van der Waals surface area contributed by atoms with E-state index in [-0.39, 0.29) is 18.7 Å². The van der Waals surface area contributed by atoms with Gasteiger partial charge in [0.15, 0.2) is 0 Å². The predicted octanol–water partition coefficient (Wildman–Crippen LogP) is 5.79. The molecule has 0 saturated heterocycles. The van der Waals surface area contributed by atoms with E-state index < -0.39 is 22.0 Å². The molecule has 0 aromatic heterocycles. The van der Waals surface area contributed by atoms with Crippen LogP contribution in [0, 0.1) is 11.7 Å². The van der Waals surface area contributed by atoms with E-state index in [0.717, 1.165) is 0 Å². The predicted molar refractivity (Wildman–Crippen MR) is 107 cm³/mol. The Morgan fingerprint density at radius 1 is 1.15 bits per heavy atom. The Labute approximate surface area is 175 Å². The minimum atomic E-state index is -1.28. The number of alkyl halides is 2. The number of aryl methyl sites for hydroxylation is 1. The Hall–Kier alpha value is -1.33. The normalized spacial score (nSPS) is 20.2. The molecule has 2 atom stereocenters. The second-order valence-electron chi connectivity index (χ2n) is 6.30.